The third-order valence-corrected chi connectivity index (χ3v) is 3.67. The molecule has 0 aromatic rings. The third-order valence-electron chi connectivity index (χ3n) is 3.67. The summed E-state index contributed by atoms with van der Waals surface area (Å²) in [7, 11) is 0. The van der Waals surface area contributed by atoms with Gasteiger partial charge in [0.25, 0.3) is 0 Å². The molecule has 1 rings (SSSR count). The van der Waals surface area contributed by atoms with E-state index in [0.717, 1.165) is 19.5 Å². The van der Waals surface area contributed by atoms with Gasteiger partial charge in [0.05, 0.1) is 6.54 Å². The Morgan fingerprint density at radius 3 is 2.29 bits per heavy atom. The van der Waals surface area contributed by atoms with Gasteiger partial charge in [-0.3, -0.25) is 9.69 Å². The molecule has 0 aromatic heterocycles. The molecule has 1 heterocycles. The van der Waals surface area contributed by atoms with Crippen LogP contribution in [0, 0.1) is 11.8 Å². The van der Waals surface area contributed by atoms with Gasteiger partial charge in [0.2, 0.25) is 5.91 Å². The number of nitrogens with zero attached hydrogens (tertiary/aromatic N) is 1. The maximum absolute atomic E-state index is 11.9. The van der Waals surface area contributed by atoms with Gasteiger partial charge in [-0.2, -0.15) is 0 Å². The van der Waals surface area contributed by atoms with Crippen LogP contribution in [0.25, 0.3) is 0 Å². The monoisotopic (exact) mass is 240 g/mol. The number of carbonyl (C=O) groups excluding carboxylic acids is 1. The Hall–Kier alpha value is -0.570. The average molecular weight is 240 g/mol. The van der Waals surface area contributed by atoms with Crippen LogP contribution < -0.4 is 5.32 Å². The van der Waals surface area contributed by atoms with Crippen molar-refractivity contribution in [3.05, 3.63) is 0 Å². The van der Waals surface area contributed by atoms with Gasteiger partial charge in [0.15, 0.2) is 0 Å². The molecule has 0 aromatic carbocycles. The molecule has 100 valence electrons. The van der Waals surface area contributed by atoms with Gasteiger partial charge >= 0.3 is 0 Å². The van der Waals surface area contributed by atoms with Crippen molar-refractivity contribution in [3.8, 4) is 0 Å². The lowest BCUT2D eigenvalue weighted by Crippen LogP contribution is -2.49. The predicted molar refractivity (Wildman–Crippen MR) is 71.9 cm³/mol. The van der Waals surface area contributed by atoms with E-state index in [4.69, 9.17) is 0 Å². The first-order valence-electron chi connectivity index (χ1n) is 6.85. The molecule has 3 heteroatoms. The molecular weight excluding hydrogens is 212 g/mol. The molecule has 17 heavy (non-hydrogen) atoms. The molecule has 0 aliphatic carbocycles. The maximum Gasteiger partial charge on any atom is 0.234 e. The van der Waals surface area contributed by atoms with Crippen LogP contribution in [-0.2, 0) is 4.79 Å². The molecule has 1 fully saturated rings. The van der Waals surface area contributed by atoms with Crippen molar-refractivity contribution in [2.24, 2.45) is 11.8 Å². The van der Waals surface area contributed by atoms with Gasteiger partial charge in [-0.15, -0.1) is 0 Å². The van der Waals surface area contributed by atoms with Crippen LogP contribution in [0.15, 0.2) is 0 Å². The molecule has 1 saturated heterocycles. The molecule has 2 atom stereocenters. The molecule has 0 bridgehead atoms. The topological polar surface area (TPSA) is 32.3 Å². The summed E-state index contributed by atoms with van der Waals surface area (Å²) in [5.74, 6) is 1.59. The van der Waals surface area contributed by atoms with E-state index in [2.05, 4.69) is 44.8 Å². The van der Waals surface area contributed by atoms with E-state index in [9.17, 15) is 4.79 Å². The second-order valence-corrected chi connectivity index (χ2v) is 6.43. The number of carbonyl (C=O) groups is 1. The van der Waals surface area contributed by atoms with Crippen LogP contribution >= 0.6 is 0 Å². The summed E-state index contributed by atoms with van der Waals surface area (Å²) in [5.41, 5.74) is -0.0793. The lowest BCUT2D eigenvalue weighted by Gasteiger charge is -2.35. The molecule has 1 aliphatic heterocycles. The number of rotatable bonds is 4. The van der Waals surface area contributed by atoms with E-state index in [1.807, 2.05) is 0 Å². The molecule has 1 amide bonds. The van der Waals surface area contributed by atoms with E-state index in [0.29, 0.717) is 18.4 Å². The SMILES string of the molecule is CCC(C)(C)NC(=O)CN1CC(C)CC(C)C1. The van der Waals surface area contributed by atoms with Crippen LogP contribution in [0.5, 0.6) is 0 Å². The van der Waals surface area contributed by atoms with Crippen molar-refractivity contribution in [3.63, 3.8) is 0 Å². The summed E-state index contributed by atoms with van der Waals surface area (Å²) < 4.78 is 0. The molecular formula is C14H28N2O. The molecule has 2 unspecified atom stereocenters. The van der Waals surface area contributed by atoms with Crippen molar-refractivity contribution in [1.29, 1.82) is 0 Å². The van der Waals surface area contributed by atoms with Crippen molar-refractivity contribution < 1.29 is 4.79 Å². The lowest BCUT2D eigenvalue weighted by molar-refractivity contribution is -0.124. The first-order valence-corrected chi connectivity index (χ1v) is 6.85. The van der Waals surface area contributed by atoms with Crippen LogP contribution in [0.1, 0.15) is 47.5 Å². The summed E-state index contributed by atoms with van der Waals surface area (Å²) >= 11 is 0. The fourth-order valence-electron chi connectivity index (χ4n) is 2.63. The smallest absolute Gasteiger partial charge is 0.234 e. The second kappa shape index (κ2) is 5.85. The van der Waals surface area contributed by atoms with Crippen LogP contribution in [0.2, 0.25) is 0 Å². The quantitative estimate of drug-likeness (QED) is 0.817. The highest BCUT2D eigenvalue weighted by molar-refractivity contribution is 5.78. The molecule has 0 saturated carbocycles. The number of hydrogen-bond acceptors (Lipinski definition) is 2. The highest BCUT2D eigenvalue weighted by atomic mass is 16.2. The van der Waals surface area contributed by atoms with E-state index in [-0.39, 0.29) is 11.4 Å². The fraction of sp³-hybridized carbons (Fsp3) is 0.929. The van der Waals surface area contributed by atoms with E-state index < -0.39 is 0 Å². The Kier molecular flexibility index (Phi) is 4.99. The summed E-state index contributed by atoms with van der Waals surface area (Å²) in [6.07, 6.45) is 2.25. The van der Waals surface area contributed by atoms with Crippen molar-refractivity contribution in [2.75, 3.05) is 19.6 Å². The van der Waals surface area contributed by atoms with Gasteiger partial charge in [0, 0.05) is 18.6 Å². The van der Waals surface area contributed by atoms with Gasteiger partial charge in [-0.1, -0.05) is 20.8 Å². The minimum absolute atomic E-state index is 0.0793. The Bertz CT molecular complexity index is 253. The summed E-state index contributed by atoms with van der Waals surface area (Å²) in [4.78, 5) is 14.2. The van der Waals surface area contributed by atoms with Crippen LogP contribution in [0.3, 0.4) is 0 Å². The third kappa shape index (κ3) is 5.07. The minimum atomic E-state index is -0.0793. The summed E-state index contributed by atoms with van der Waals surface area (Å²) in [5, 5.41) is 3.10. The molecule has 1 N–H and O–H groups in total. The summed E-state index contributed by atoms with van der Waals surface area (Å²) in [6, 6.07) is 0. The largest absolute Gasteiger partial charge is 0.350 e. The number of hydrogen-bond donors (Lipinski definition) is 1. The summed E-state index contributed by atoms with van der Waals surface area (Å²) in [6.45, 7) is 13.5. The first kappa shape index (κ1) is 14.5. The number of likely N-dealkylation sites (tertiary alicyclic amines) is 1. The standard InChI is InChI=1S/C14H28N2O/c1-6-14(4,5)15-13(17)10-16-8-11(2)7-12(3)9-16/h11-12H,6-10H2,1-5H3,(H,15,17). The Morgan fingerprint density at radius 2 is 1.82 bits per heavy atom. The highest BCUT2D eigenvalue weighted by Gasteiger charge is 2.25. The number of piperidine rings is 1. The molecule has 0 radical (unpaired) electrons. The zero-order chi connectivity index (χ0) is 13.1. The van der Waals surface area contributed by atoms with Crippen molar-refractivity contribution >= 4 is 5.91 Å². The fourth-order valence-corrected chi connectivity index (χ4v) is 2.63. The van der Waals surface area contributed by atoms with Crippen LogP contribution in [0.4, 0.5) is 0 Å². The van der Waals surface area contributed by atoms with Crippen molar-refractivity contribution in [2.45, 2.75) is 53.0 Å². The zero-order valence-electron chi connectivity index (χ0n) is 12.0. The average Bonchev–Trinajstić information content (AvgIpc) is 2.14. The molecule has 1 aliphatic rings. The normalized spacial score (nSPS) is 26.9. The number of amides is 1. The van der Waals surface area contributed by atoms with Gasteiger partial charge in [-0.25, -0.2) is 0 Å². The van der Waals surface area contributed by atoms with Crippen LogP contribution in [-0.4, -0.2) is 36.0 Å². The first-order chi connectivity index (χ1) is 7.82. The predicted octanol–water partition coefficient (Wildman–Crippen LogP) is 2.27. The van der Waals surface area contributed by atoms with Crippen molar-refractivity contribution in [1.82, 2.24) is 10.2 Å². The molecule has 3 nitrogen and oxygen atoms in total. The minimum Gasteiger partial charge on any atom is -0.350 e. The highest BCUT2D eigenvalue weighted by Crippen LogP contribution is 2.20. The van der Waals surface area contributed by atoms with Gasteiger partial charge in [-0.05, 0) is 38.5 Å². The lowest BCUT2D eigenvalue weighted by atomic mass is 9.92. The molecule has 0 spiro atoms. The van der Waals surface area contributed by atoms with E-state index in [1.165, 1.54) is 6.42 Å². The second-order valence-electron chi connectivity index (χ2n) is 6.43. The Morgan fingerprint density at radius 1 is 1.29 bits per heavy atom. The van der Waals surface area contributed by atoms with Gasteiger partial charge in [0.1, 0.15) is 0 Å². The van der Waals surface area contributed by atoms with E-state index in [1.54, 1.807) is 0 Å². The van der Waals surface area contributed by atoms with Gasteiger partial charge < -0.3 is 5.32 Å². The zero-order valence-corrected chi connectivity index (χ0v) is 12.0. The number of nitrogens with one attached hydrogen (secondary N) is 1. The Labute approximate surface area is 106 Å². The van der Waals surface area contributed by atoms with E-state index >= 15 is 0 Å². The maximum atomic E-state index is 11.9. The Balaban J connectivity index is 2.40.